The number of rotatable bonds is 9. The zero-order chi connectivity index (χ0) is 23.2. The van der Waals surface area contributed by atoms with E-state index >= 15 is 0 Å². The standard InChI is InChI=1S/C25H28FN5O2/c1-30(24(32)19-6-5-8-22(16-19)31-15-13-27-25(31)33)14-4-2-3-7-21-17-23(29-28-21)18-9-11-20(26)12-10-18/h5-6,8-12,16-17H,2-4,7,13-15H2,1H3,(H,27,33)(H,28,29). The largest absolute Gasteiger partial charge is 0.342 e. The predicted octanol–water partition coefficient (Wildman–Crippen LogP) is 4.23. The van der Waals surface area contributed by atoms with E-state index in [0.717, 1.165) is 48.3 Å². The fraction of sp³-hybridized carbons (Fsp3) is 0.320. The zero-order valence-electron chi connectivity index (χ0n) is 18.7. The number of aromatic amines is 1. The highest BCUT2D eigenvalue weighted by Crippen LogP contribution is 2.20. The van der Waals surface area contributed by atoms with Crippen LogP contribution < -0.4 is 10.2 Å². The third-order valence-corrected chi connectivity index (χ3v) is 5.82. The molecule has 3 aromatic rings. The number of nitrogens with zero attached hydrogens (tertiary/aromatic N) is 3. The Kier molecular flexibility index (Phi) is 7.02. The summed E-state index contributed by atoms with van der Waals surface area (Å²) in [5, 5.41) is 10.1. The van der Waals surface area contributed by atoms with Gasteiger partial charge in [-0.05, 0) is 67.8 Å². The molecule has 2 N–H and O–H groups in total. The summed E-state index contributed by atoms with van der Waals surface area (Å²) < 4.78 is 13.1. The van der Waals surface area contributed by atoms with Crippen LogP contribution in [0.3, 0.4) is 0 Å². The highest BCUT2D eigenvalue weighted by atomic mass is 19.1. The molecule has 0 radical (unpaired) electrons. The third-order valence-electron chi connectivity index (χ3n) is 5.82. The van der Waals surface area contributed by atoms with Gasteiger partial charge in [-0.3, -0.25) is 14.8 Å². The summed E-state index contributed by atoms with van der Waals surface area (Å²) in [5.74, 6) is -0.307. The number of amides is 3. The molecular formula is C25H28FN5O2. The van der Waals surface area contributed by atoms with Gasteiger partial charge >= 0.3 is 6.03 Å². The number of carbonyl (C=O) groups is 2. The molecule has 4 rings (SSSR count). The summed E-state index contributed by atoms with van der Waals surface area (Å²) in [5.41, 5.74) is 4.06. The van der Waals surface area contributed by atoms with E-state index in [2.05, 4.69) is 15.5 Å². The maximum atomic E-state index is 13.1. The van der Waals surface area contributed by atoms with Gasteiger partial charge in [0.25, 0.3) is 5.91 Å². The number of benzene rings is 2. The smallest absolute Gasteiger partial charge is 0.321 e. The van der Waals surface area contributed by atoms with E-state index in [1.807, 2.05) is 18.2 Å². The second-order valence-electron chi connectivity index (χ2n) is 8.26. The molecule has 33 heavy (non-hydrogen) atoms. The number of anilines is 1. The number of hydrogen-bond donors (Lipinski definition) is 2. The summed E-state index contributed by atoms with van der Waals surface area (Å²) in [7, 11) is 1.81. The maximum absolute atomic E-state index is 13.1. The van der Waals surface area contributed by atoms with Crippen molar-refractivity contribution in [2.45, 2.75) is 25.7 Å². The van der Waals surface area contributed by atoms with Crippen LogP contribution in [-0.2, 0) is 6.42 Å². The second-order valence-corrected chi connectivity index (χ2v) is 8.26. The number of carbonyl (C=O) groups excluding carboxylic acids is 2. The van der Waals surface area contributed by atoms with E-state index in [0.29, 0.717) is 25.2 Å². The van der Waals surface area contributed by atoms with Gasteiger partial charge in [-0.1, -0.05) is 12.5 Å². The van der Waals surface area contributed by atoms with Crippen LogP contribution in [-0.4, -0.2) is 53.7 Å². The Labute approximate surface area is 192 Å². The van der Waals surface area contributed by atoms with Gasteiger partial charge in [0, 0.05) is 49.2 Å². The number of nitrogens with one attached hydrogen (secondary N) is 2. The molecule has 2 heterocycles. The van der Waals surface area contributed by atoms with Crippen molar-refractivity contribution >= 4 is 17.6 Å². The van der Waals surface area contributed by atoms with E-state index in [4.69, 9.17) is 0 Å². The molecule has 0 atom stereocenters. The van der Waals surface area contributed by atoms with Gasteiger partial charge < -0.3 is 10.2 Å². The van der Waals surface area contributed by atoms with E-state index < -0.39 is 0 Å². The van der Waals surface area contributed by atoms with Crippen molar-refractivity contribution in [3.63, 3.8) is 0 Å². The predicted molar refractivity (Wildman–Crippen MR) is 126 cm³/mol. The summed E-state index contributed by atoms with van der Waals surface area (Å²) in [6.07, 6.45) is 3.73. The van der Waals surface area contributed by atoms with Gasteiger partial charge in [-0.2, -0.15) is 5.10 Å². The molecule has 2 aromatic carbocycles. The molecule has 7 nitrogen and oxygen atoms in total. The molecule has 172 valence electrons. The average molecular weight is 450 g/mol. The lowest BCUT2D eigenvalue weighted by Crippen LogP contribution is -2.29. The summed E-state index contributed by atoms with van der Waals surface area (Å²) in [4.78, 5) is 28.1. The highest BCUT2D eigenvalue weighted by Gasteiger charge is 2.22. The highest BCUT2D eigenvalue weighted by molar-refractivity contribution is 5.98. The Balaban J connectivity index is 1.21. The molecule has 0 aliphatic carbocycles. The van der Waals surface area contributed by atoms with Crippen LogP contribution in [0.5, 0.6) is 0 Å². The first kappa shape index (κ1) is 22.5. The molecule has 0 bridgehead atoms. The molecule has 1 fully saturated rings. The topological polar surface area (TPSA) is 81.3 Å². The lowest BCUT2D eigenvalue weighted by Gasteiger charge is -2.19. The molecule has 0 unspecified atom stereocenters. The Morgan fingerprint density at radius 1 is 1.12 bits per heavy atom. The van der Waals surface area contributed by atoms with Gasteiger partial charge in [0.05, 0.1) is 5.69 Å². The van der Waals surface area contributed by atoms with Gasteiger partial charge in [-0.25, -0.2) is 9.18 Å². The number of H-pyrrole nitrogens is 1. The zero-order valence-corrected chi connectivity index (χ0v) is 18.7. The van der Waals surface area contributed by atoms with Gasteiger partial charge in [0.15, 0.2) is 0 Å². The van der Waals surface area contributed by atoms with Crippen LogP contribution in [0.4, 0.5) is 14.9 Å². The van der Waals surface area contributed by atoms with Crippen LogP contribution in [0.1, 0.15) is 35.3 Å². The Morgan fingerprint density at radius 2 is 1.94 bits per heavy atom. The van der Waals surface area contributed by atoms with E-state index in [1.54, 1.807) is 41.1 Å². The fourth-order valence-corrected chi connectivity index (χ4v) is 3.95. The number of halogens is 1. The molecule has 1 saturated heterocycles. The lowest BCUT2D eigenvalue weighted by atomic mass is 10.1. The van der Waals surface area contributed by atoms with E-state index in [9.17, 15) is 14.0 Å². The van der Waals surface area contributed by atoms with Crippen LogP contribution >= 0.6 is 0 Å². The maximum Gasteiger partial charge on any atom is 0.321 e. The first-order chi connectivity index (χ1) is 16.0. The SMILES string of the molecule is CN(CCCCCc1cc(-c2ccc(F)cc2)n[nH]1)C(=O)c1cccc(N2CCNC2=O)c1. The molecule has 1 aliphatic rings. The normalized spacial score (nSPS) is 13.3. The van der Waals surface area contributed by atoms with E-state index in [-0.39, 0.29) is 17.8 Å². The molecule has 0 spiro atoms. The van der Waals surface area contributed by atoms with Crippen molar-refractivity contribution in [2.75, 3.05) is 31.6 Å². The number of aromatic nitrogens is 2. The summed E-state index contributed by atoms with van der Waals surface area (Å²) >= 11 is 0. The lowest BCUT2D eigenvalue weighted by molar-refractivity contribution is 0.0792. The Morgan fingerprint density at radius 3 is 2.70 bits per heavy atom. The van der Waals surface area contributed by atoms with Crippen molar-refractivity contribution in [1.82, 2.24) is 20.4 Å². The quantitative estimate of drug-likeness (QED) is 0.480. The molecule has 8 heteroatoms. The average Bonchev–Trinajstić information content (AvgIpc) is 3.48. The van der Waals surface area contributed by atoms with Gasteiger partial charge in [0.1, 0.15) is 5.82 Å². The number of hydrogen-bond acceptors (Lipinski definition) is 3. The third kappa shape index (κ3) is 5.58. The second kappa shape index (κ2) is 10.3. The Bertz CT molecular complexity index is 1110. The number of urea groups is 1. The van der Waals surface area contributed by atoms with Gasteiger partial charge in [0.2, 0.25) is 0 Å². The van der Waals surface area contributed by atoms with E-state index in [1.165, 1.54) is 12.1 Å². The van der Waals surface area contributed by atoms with Crippen LogP contribution in [0.15, 0.2) is 54.6 Å². The minimum atomic E-state index is -0.260. The number of unbranched alkanes of at least 4 members (excludes halogenated alkanes) is 2. The molecule has 0 saturated carbocycles. The van der Waals surface area contributed by atoms with Crippen molar-refractivity contribution in [1.29, 1.82) is 0 Å². The van der Waals surface area contributed by atoms with Crippen molar-refractivity contribution in [3.8, 4) is 11.3 Å². The van der Waals surface area contributed by atoms with Gasteiger partial charge in [-0.15, -0.1) is 0 Å². The first-order valence-electron chi connectivity index (χ1n) is 11.2. The van der Waals surface area contributed by atoms with Crippen LogP contribution in [0, 0.1) is 5.82 Å². The van der Waals surface area contributed by atoms with Crippen molar-refractivity contribution in [3.05, 3.63) is 71.7 Å². The molecule has 1 aromatic heterocycles. The first-order valence-corrected chi connectivity index (χ1v) is 11.2. The number of aryl methyl sites for hydroxylation is 1. The summed E-state index contributed by atoms with van der Waals surface area (Å²) in [6, 6.07) is 15.4. The molecule has 1 aliphatic heterocycles. The summed E-state index contributed by atoms with van der Waals surface area (Å²) in [6.45, 7) is 1.88. The van der Waals surface area contributed by atoms with Crippen LogP contribution in [0.25, 0.3) is 11.3 Å². The minimum Gasteiger partial charge on any atom is -0.342 e. The monoisotopic (exact) mass is 449 g/mol. The fourth-order valence-electron chi connectivity index (χ4n) is 3.95. The van der Waals surface area contributed by atoms with Crippen molar-refractivity contribution in [2.24, 2.45) is 0 Å². The Hall–Kier alpha value is -3.68. The minimum absolute atomic E-state index is 0.0473. The molecule has 3 amide bonds. The van der Waals surface area contributed by atoms with Crippen molar-refractivity contribution < 1.29 is 14.0 Å². The van der Waals surface area contributed by atoms with Crippen LogP contribution in [0.2, 0.25) is 0 Å². The molecular weight excluding hydrogens is 421 g/mol.